The number of benzene rings is 3. The molecule has 6 N–H and O–H groups in total. The lowest BCUT2D eigenvalue weighted by atomic mass is 9.93. The Hall–Kier alpha value is -4.64. The van der Waals surface area contributed by atoms with Crippen LogP contribution in [-0.4, -0.2) is 23.6 Å². The first-order valence-corrected chi connectivity index (χ1v) is 12.2. The molecule has 1 aliphatic rings. The molecule has 1 unspecified atom stereocenters. The van der Waals surface area contributed by atoms with E-state index in [2.05, 4.69) is 5.32 Å². The first-order valence-electron chi connectivity index (χ1n) is 11.8. The number of carbonyl (C=O) groups excluding carboxylic acids is 1. The van der Waals surface area contributed by atoms with Gasteiger partial charge < -0.3 is 31.4 Å². The highest BCUT2D eigenvalue weighted by molar-refractivity contribution is 6.32. The average Bonchev–Trinajstić information content (AvgIpc) is 2.91. The van der Waals surface area contributed by atoms with Gasteiger partial charge in [0.25, 0.3) is 5.91 Å². The zero-order valence-corrected chi connectivity index (χ0v) is 21.4. The van der Waals surface area contributed by atoms with Gasteiger partial charge in [-0.1, -0.05) is 23.7 Å². The van der Waals surface area contributed by atoms with Crippen LogP contribution in [0.3, 0.4) is 0 Å². The van der Waals surface area contributed by atoms with Crippen LogP contribution in [0.5, 0.6) is 17.2 Å². The molecule has 0 spiro atoms. The van der Waals surface area contributed by atoms with Gasteiger partial charge in [-0.3, -0.25) is 9.59 Å². The number of amides is 1. The molecule has 0 bridgehead atoms. The van der Waals surface area contributed by atoms with Gasteiger partial charge in [-0.25, -0.2) is 0 Å². The Morgan fingerprint density at radius 2 is 1.77 bits per heavy atom. The third-order valence-corrected chi connectivity index (χ3v) is 6.27. The van der Waals surface area contributed by atoms with Gasteiger partial charge in [0.15, 0.2) is 0 Å². The van der Waals surface area contributed by atoms with Crippen molar-refractivity contribution in [2.45, 2.75) is 18.5 Å². The number of nitrogens with one attached hydrogen (secondary N) is 1. The highest BCUT2D eigenvalue weighted by atomic mass is 35.5. The van der Waals surface area contributed by atoms with Gasteiger partial charge in [0.05, 0.1) is 23.1 Å². The minimum absolute atomic E-state index is 0.0227. The lowest BCUT2D eigenvalue weighted by Gasteiger charge is -2.24. The van der Waals surface area contributed by atoms with E-state index < -0.39 is 29.5 Å². The number of halogens is 4. The number of ether oxygens (including phenoxy) is 2. The van der Waals surface area contributed by atoms with Gasteiger partial charge in [-0.15, -0.1) is 0 Å². The lowest BCUT2D eigenvalue weighted by molar-refractivity contribution is -0.139. The molecule has 1 amide bonds. The van der Waals surface area contributed by atoms with Crippen LogP contribution in [-0.2, 0) is 11.0 Å². The number of carboxylic acid groups (broad SMARTS) is 1. The van der Waals surface area contributed by atoms with E-state index in [0.717, 1.165) is 12.1 Å². The van der Waals surface area contributed by atoms with E-state index in [1.54, 1.807) is 0 Å². The van der Waals surface area contributed by atoms with E-state index in [1.165, 1.54) is 60.7 Å². The maximum absolute atomic E-state index is 12.9. The van der Waals surface area contributed by atoms with E-state index in [0.29, 0.717) is 23.5 Å². The first kappa shape index (κ1) is 28.4. The van der Waals surface area contributed by atoms with Crippen molar-refractivity contribution in [2.75, 3.05) is 6.61 Å². The summed E-state index contributed by atoms with van der Waals surface area (Å²) in [6.07, 6.45) is -1.62. The second-order valence-electron chi connectivity index (χ2n) is 8.75. The van der Waals surface area contributed by atoms with Crippen LogP contribution in [0.25, 0.3) is 5.70 Å². The number of aliphatic carboxylic acids is 1. The summed E-state index contributed by atoms with van der Waals surface area (Å²) >= 11 is 6.32. The fourth-order valence-corrected chi connectivity index (χ4v) is 4.13. The third-order valence-electron chi connectivity index (χ3n) is 5.97. The van der Waals surface area contributed by atoms with Crippen molar-refractivity contribution in [3.8, 4) is 17.2 Å². The number of fused-ring (bicyclic) bond motifs is 1. The number of carbonyl (C=O) groups is 2. The van der Waals surface area contributed by atoms with Gasteiger partial charge in [-0.2, -0.15) is 13.2 Å². The van der Waals surface area contributed by atoms with Crippen LogP contribution >= 0.6 is 11.6 Å². The molecule has 208 valence electrons. The second-order valence-corrected chi connectivity index (χ2v) is 9.16. The monoisotopic (exact) mass is 573 g/mol. The van der Waals surface area contributed by atoms with E-state index in [9.17, 15) is 27.9 Å². The molecular formula is C28H23ClF3N3O5. The Balaban J connectivity index is 1.41. The molecule has 40 heavy (non-hydrogen) atoms. The molecular weight excluding hydrogens is 551 g/mol. The maximum atomic E-state index is 12.9. The molecule has 3 aromatic carbocycles. The zero-order chi connectivity index (χ0) is 29.0. The molecule has 0 fully saturated rings. The summed E-state index contributed by atoms with van der Waals surface area (Å²) in [4.78, 5) is 24.1. The fourth-order valence-electron chi connectivity index (χ4n) is 3.92. The summed E-state index contributed by atoms with van der Waals surface area (Å²) < 4.78 is 50.1. The Bertz CT molecular complexity index is 1500. The standard InChI is InChI=1S/C28H23ClF3N3O5/c29-21-13-20-19(27(37)38)10-11-39-23(20)14-24(21)40-18-6-4-15(5-7-18)26(36)35-25(34)9-8-22(33)16-2-1-3-17(12-16)28(30,31)32/h1-9,12-14,19H,10-11,33-34H2,(H,35,36)(H,37,38)/b22-8-,25-9+. The molecule has 1 heterocycles. The Morgan fingerprint density at radius 3 is 2.45 bits per heavy atom. The first-order chi connectivity index (χ1) is 18.9. The van der Waals surface area contributed by atoms with Gasteiger partial charge in [0.1, 0.15) is 23.1 Å². The maximum Gasteiger partial charge on any atom is 0.416 e. The molecule has 1 atom stereocenters. The van der Waals surface area contributed by atoms with E-state index in [1.807, 2.05) is 0 Å². The minimum atomic E-state index is -4.51. The van der Waals surface area contributed by atoms with Crippen molar-refractivity contribution in [1.29, 1.82) is 0 Å². The third kappa shape index (κ3) is 6.67. The van der Waals surface area contributed by atoms with Crippen molar-refractivity contribution < 1.29 is 37.3 Å². The zero-order valence-electron chi connectivity index (χ0n) is 20.7. The highest BCUT2D eigenvalue weighted by Gasteiger charge is 2.31. The molecule has 0 radical (unpaired) electrons. The molecule has 4 rings (SSSR count). The SMILES string of the molecule is N/C(=C\C=C(/N)NC(=O)c1ccc(Oc2cc3c(cc2Cl)C(C(=O)O)CCO3)cc1)c1cccc(C(F)(F)F)c1. The van der Waals surface area contributed by atoms with E-state index in [4.69, 9.17) is 32.5 Å². The molecule has 0 aliphatic carbocycles. The summed E-state index contributed by atoms with van der Waals surface area (Å²) in [5.41, 5.74) is 11.7. The number of nitrogens with two attached hydrogens (primary N) is 2. The normalized spacial score (nSPS) is 15.6. The summed E-state index contributed by atoms with van der Waals surface area (Å²) in [6.45, 7) is 0.250. The number of rotatable bonds is 7. The summed E-state index contributed by atoms with van der Waals surface area (Å²) in [6, 6.07) is 13.6. The number of allylic oxidation sites excluding steroid dienone is 2. The summed E-state index contributed by atoms with van der Waals surface area (Å²) in [5, 5.41) is 12.1. The number of hydrogen-bond acceptors (Lipinski definition) is 6. The molecule has 0 saturated carbocycles. The van der Waals surface area contributed by atoms with Crippen LogP contribution in [0, 0.1) is 0 Å². The molecule has 3 aromatic rings. The molecule has 1 aliphatic heterocycles. The highest BCUT2D eigenvalue weighted by Crippen LogP contribution is 2.41. The summed E-state index contributed by atoms with van der Waals surface area (Å²) in [5.74, 6) is -1.34. The van der Waals surface area contributed by atoms with Crippen LogP contribution in [0.2, 0.25) is 5.02 Å². The molecule has 12 heteroatoms. The molecule has 0 saturated heterocycles. The van der Waals surface area contributed by atoms with E-state index in [-0.39, 0.29) is 40.0 Å². The quantitative estimate of drug-likeness (QED) is 0.269. The van der Waals surface area contributed by atoms with Crippen LogP contribution in [0.4, 0.5) is 13.2 Å². The van der Waals surface area contributed by atoms with Gasteiger partial charge >= 0.3 is 12.1 Å². The molecule has 8 nitrogen and oxygen atoms in total. The number of hydrogen-bond donors (Lipinski definition) is 4. The topological polar surface area (TPSA) is 137 Å². The molecule has 0 aromatic heterocycles. The van der Waals surface area contributed by atoms with Gasteiger partial charge in [0, 0.05) is 22.9 Å². The van der Waals surface area contributed by atoms with Crippen molar-refractivity contribution in [2.24, 2.45) is 11.5 Å². The van der Waals surface area contributed by atoms with Crippen LogP contribution in [0.15, 0.2) is 78.6 Å². The minimum Gasteiger partial charge on any atom is -0.493 e. The van der Waals surface area contributed by atoms with Gasteiger partial charge in [0.2, 0.25) is 0 Å². The Morgan fingerprint density at radius 1 is 1.05 bits per heavy atom. The van der Waals surface area contributed by atoms with Crippen molar-refractivity contribution in [3.63, 3.8) is 0 Å². The number of alkyl halides is 3. The van der Waals surface area contributed by atoms with Crippen molar-refractivity contribution >= 4 is 29.2 Å². The van der Waals surface area contributed by atoms with Gasteiger partial charge in [-0.05, 0) is 66.6 Å². The van der Waals surface area contributed by atoms with Crippen molar-refractivity contribution in [1.82, 2.24) is 5.32 Å². The Kier molecular flexibility index (Phi) is 8.24. The fraction of sp³-hybridized carbons (Fsp3) is 0.143. The number of carboxylic acids is 1. The smallest absolute Gasteiger partial charge is 0.416 e. The predicted molar refractivity (Wildman–Crippen MR) is 142 cm³/mol. The largest absolute Gasteiger partial charge is 0.493 e. The second kappa shape index (κ2) is 11.6. The van der Waals surface area contributed by atoms with Crippen LogP contribution in [0.1, 0.15) is 39.4 Å². The van der Waals surface area contributed by atoms with Crippen LogP contribution < -0.4 is 26.3 Å². The average molecular weight is 574 g/mol. The van der Waals surface area contributed by atoms with Crippen molar-refractivity contribution in [3.05, 3.63) is 106 Å². The van der Waals surface area contributed by atoms with E-state index >= 15 is 0 Å². The Labute approximate surface area is 231 Å². The summed E-state index contributed by atoms with van der Waals surface area (Å²) in [7, 11) is 0. The lowest BCUT2D eigenvalue weighted by Crippen LogP contribution is -2.27. The predicted octanol–water partition coefficient (Wildman–Crippen LogP) is 5.63.